The molecule has 1 aliphatic heterocycles. The largest absolute Gasteiger partial charge is 0.235 e. The van der Waals surface area contributed by atoms with Gasteiger partial charge in [0.1, 0.15) is 0 Å². The molecule has 2 heteroatoms. The van der Waals surface area contributed by atoms with Crippen LogP contribution < -0.4 is 5.43 Å². The third-order valence-electron chi connectivity index (χ3n) is 2.33. The lowest BCUT2D eigenvalue weighted by molar-refractivity contribution is 0.536. The first-order valence-corrected chi connectivity index (χ1v) is 4.83. The van der Waals surface area contributed by atoms with Crippen molar-refractivity contribution in [1.29, 1.82) is 0 Å². The fourth-order valence-corrected chi connectivity index (χ4v) is 1.40. The molecule has 2 unspecified atom stereocenters. The highest BCUT2D eigenvalue weighted by Gasteiger charge is 2.27. The monoisotopic (exact) mass is 156 g/mol. The molecule has 1 N–H and O–H groups in total. The van der Waals surface area contributed by atoms with E-state index in [9.17, 15) is 0 Å². The van der Waals surface area contributed by atoms with Crippen LogP contribution in [0.3, 0.4) is 0 Å². The number of hydrogen-bond donors (Lipinski definition) is 1. The van der Waals surface area contributed by atoms with Gasteiger partial charge in [-0.15, -0.1) is 0 Å². The van der Waals surface area contributed by atoms with Gasteiger partial charge >= 0.3 is 0 Å². The van der Waals surface area contributed by atoms with E-state index in [1.165, 1.54) is 38.5 Å². The molecule has 0 aromatic rings. The summed E-state index contributed by atoms with van der Waals surface area (Å²) in [4.78, 5) is 0. The van der Waals surface area contributed by atoms with Crippen molar-refractivity contribution >= 4 is 0 Å². The smallest absolute Gasteiger partial charge is 0.0860 e. The van der Waals surface area contributed by atoms with Gasteiger partial charge < -0.3 is 0 Å². The minimum absolute atomic E-state index is 0.705. The Labute approximate surface area is 69.9 Å². The van der Waals surface area contributed by atoms with Gasteiger partial charge in [0, 0.05) is 7.05 Å². The van der Waals surface area contributed by atoms with Crippen LogP contribution in [-0.2, 0) is 0 Å². The lowest BCUT2D eigenvalue weighted by Crippen LogP contribution is -1.93. The van der Waals surface area contributed by atoms with Crippen LogP contribution in [-0.4, -0.2) is 18.2 Å². The molecule has 1 fully saturated rings. The Morgan fingerprint density at radius 1 is 1.18 bits per heavy atom. The van der Waals surface area contributed by atoms with Gasteiger partial charge in [-0.3, -0.25) is 0 Å². The van der Waals surface area contributed by atoms with Crippen molar-refractivity contribution in [1.82, 2.24) is 10.4 Å². The Bertz CT molecular complexity index is 104. The summed E-state index contributed by atoms with van der Waals surface area (Å²) < 4.78 is 0. The minimum Gasteiger partial charge on any atom is -0.235 e. The molecule has 1 rings (SSSR count). The fourth-order valence-electron chi connectivity index (χ4n) is 1.40. The molecule has 1 saturated heterocycles. The molecule has 0 aromatic carbocycles. The molecule has 0 saturated carbocycles. The summed E-state index contributed by atoms with van der Waals surface area (Å²) in [5.41, 5.74) is 3.26. The van der Waals surface area contributed by atoms with E-state index in [1.807, 2.05) is 0 Å². The second-order valence-corrected chi connectivity index (χ2v) is 3.46. The van der Waals surface area contributed by atoms with E-state index in [0.717, 1.165) is 0 Å². The highest BCUT2D eigenvalue weighted by molar-refractivity contribution is 4.73. The van der Waals surface area contributed by atoms with E-state index in [2.05, 4.69) is 24.4 Å². The summed E-state index contributed by atoms with van der Waals surface area (Å²) in [6.45, 7) is 2.26. The van der Waals surface area contributed by atoms with Gasteiger partial charge in [0.2, 0.25) is 0 Å². The highest BCUT2D eigenvalue weighted by atomic mass is 15.7. The average molecular weight is 156 g/mol. The molecule has 66 valence electrons. The Morgan fingerprint density at radius 3 is 2.36 bits per heavy atom. The van der Waals surface area contributed by atoms with Crippen LogP contribution in [0.2, 0.25) is 0 Å². The summed E-state index contributed by atoms with van der Waals surface area (Å²) in [5, 5.41) is 2.18. The third kappa shape index (κ3) is 3.73. The second-order valence-electron chi connectivity index (χ2n) is 3.46. The molecular formula is C9H20N2. The van der Waals surface area contributed by atoms with E-state index < -0.39 is 0 Å². The van der Waals surface area contributed by atoms with E-state index in [1.54, 1.807) is 0 Å². The van der Waals surface area contributed by atoms with Crippen molar-refractivity contribution in [2.75, 3.05) is 7.05 Å². The zero-order valence-electron chi connectivity index (χ0n) is 7.77. The number of rotatable bonds is 6. The minimum atomic E-state index is 0.705. The maximum Gasteiger partial charge on any atom is 0.0860 e. The average Bonchev–Trinajstić information content (AvgIpc) is 2.67. The molecular weight excluding hydrogens is 136 g/mol. The van der Waals surface area contributed by atoms with Crippen LogP contribution in [0.4, 0.5) is 0 Å². The molecule has 2 atom stereocenters. The summed E-state index contributed by atoms with van der Waals surface area (Å²) in [7, 11) is 2.11. The molecule has 0 aliphatic carbocycles. The van der Waals surface area contributed by atoms with E-state index >= 15 is 0 Å². The van der Waals surface area contributed by atoms with Crippen molar-refractivity contribution < 1.29 is 0 Å². The predicted molar refractivity (Wildman–Crippen MR) is 48.1 cm³/mol. The van der Waals surface area contributed by atoms with Crippen LogP contribution in [0.5, 0.6) is 0 Å². The molecule has 0 radical (unpaired) electrons. The summed E-state index contributed by atoms with van der Waals surface area (Å²) in [5.74, 6) is 0. The molecule has 1 aliphatic rings. The molecule has 11 heavy (non-hydrogen) atoms. The molecule has 0 amide bonds. The van der Waals surface area contributed by atoms with Gasteiger partial charge in [0.25, 0.3) is 0 Å². The van der Waals surface area contributed by atoms with Gasteiger partial charge in [-0.2, -0.15) is 0 Å². The Hall–Kier alpha value is -0.0800. The number of nitrogens with one attached hydrogen (secondary N) is 1. The van der Waals surface area contributed by atoms with Gasteiger partial charge in [0.15, 0.2) is 0 Å². The number of hydrazine groups is 1. The van der Waals surface area contributed by atoms with Crippen molar-refractivity contribution in [2.24, 2.45) is 0 Å². The molecule has 0 bridgehead atoms. The van der Waals surface area contributed by atoms with Gasteiger partial charge in [-0.25, -0.2) is 10.4 Å². The van der Waals surface area contributed by atoms with Gasteiger partial charge in [-0.1, -0.05) is 39.0 Å². The fraction of sp³-hybridized carbons (Fsp3) is 1.00. The predicted octanol–water partition coefficient (Wildman–Crippen LogP) is 2.12. The zero-order chi connectivity index (χ0) is 8.10. The van der Waals surface area contributed by atoms with Crippen LogP contribution in [0.1, 0.15) is 45.4 Å². The normalized spacial score (nSPS) is 28.9. The molecule has 2 nitrogen and oxygen atoms in total. The lowest BCUT2D eigenvalue weighted by atomic mass is 10.1. The topological polar surface area (TPSA) is 25.0 Å². The Kier molecular flexibility index (Phi) is 3.87. The first-order chi connectivity index (χ1) is 5.34. The zero-order valence-corrected chi connectivity index (χ0v) is 7.77. The van der Waals surface area contributed by atoms with E-state index in [-0.39, 0.29) is 0 Å². The van der Waals surface area contributed by atoms with Crippen LogP contribution in [0.15, 0.2) is 0 Å². The summed E-state index contributed by atoms with van der Waals surface area (Å²) in [6, 6.07) is 0. The van der Waals surface area contributed by atoms with E-state index in [0.29, 0.717) is 6.17 Å². The van der Waals surface area contributed by atoms with Crippen LogP contribution in [0.25, 0.3) is 0 Å². The summed E-state index contributed by atoms with van der Waals surface area (Å²) >= 11 is 0. The first kappa shape index (κ1) is 9.01. The third-order valence-corrected chi connectivity index (χ3v) is 2.33. The highest BCUT2D eigenvalue weighted by Crippen LogP contribution is 2.14. The van der Waals surface area contributed by atoms with Crippen molar-refractivity contribution in [3.8, 4) is 0 Å². The Morgan fingerprint density at radius 2 is 1.82 bits per heavy atom. The number of nitrogens with zero attached hydrogens (tertiary/aromatic N) is 1. The van der Waals surface area contributed by atoms with Gasteiger partial charge in [-0.05, 0) is 6.42 Å². The Balaban J connectivity index is 1.74. The SMILES string of the molecule is CCCCCCCC1NN1C. The molecule has 0 aromatic heterocycles. The second kappa shape index (κ2) is 4.73. The number of unbranched alkanes of at least 4 members (excludes halogenated alkanes) is 4. The quantitative estimate of drug-likeness (QED) is 0.470. The maximum atomic E-state index is 3.26. The number of hydrogen-bond acceptors (Lipinski definition) is 2. The van der Waals surface area contributed by atoms with Crippen molar-refractivity contribution in [3.63, 3.8) is 0 Å². The van der Waals surface area contributed by atoms with Crippen LogP contribution >= 0.6 is 0 Å². The van der Waals surface area contributed by atoms with Gasteiger partial charge in [0.05, 0.1) is 6.17 Å². The molecule has 1 heterocycles. The van der Waals surface area contributed by atoms with Crippen molar-refractivity contribution in [2.45, 2.75) is 51.6 Å². The summed E-state index contributed by atoms with van der Waals surface area (Å²) in [6.07, 6.45) is 9.03. The maximum absolute atomic E-state index is 3.26. The standard InChI is InChI=1S/C9H20N2/c1-3-4-5-6-7-8-9-10-11(9)2/h9-10H,3-8H2,1-2H3. The van der Waals surface area contributed by atoms with Crippen LogP contribution in [0, 0.1) is 0 Å². The first-order valence-electron chi connectivity index (χ1n) is 4.83. The van der Waals surface area contributed by atoms with Crippen molar-refractivity contribution in [3.05, 3.63) is 0 Å². The van der Waals surface area contributed by atoms with E-state index in [4.69, 9.17) is 0 Å². The molecule has 0 spiro atoms. The lowest BCUT2D eigenvalue weighted by Gasteiger charge is -1.97.